The van der Waals surface area contributed by atoms with Crippen molar-refractivity contribution >= 4 is 11.8 Å². The molecule has 0 heterocycles. The molecule has 0 bridgehead atoms. The molecule has 5 nitrogen and oxygen atoms in total. The standard InChI is InChI=1S/C23H30N2O3/c1-5-21(23(27)24-4)25(14-13-19-9-7-6-8-10-19)22(26)16-28-20-12-11-17(2)18(3)15-20/h6-12,15,21H,5,13-14,16H2,1-4H3,(H,24,27). The molecule has 1 unspecified atom stereocenters. The van der Waals surface area contributed by atoms with Crippen molar-refractivity contribution in [3.05, 3.63) is 65.2 Å². The van der Waals surface area contributed by atoms with E-state index in [1.54, 1.807) is 11.9 Å². The first-order valence-electron chi connectivity index (χ1n) is 9.71. The van der Waals surface area contributed by atoms with E-state index in [1.807, 2.05) is 69.3 Å². The van der Waals surface area contributed by atoms with Gasteiger partial charge in [-0.15, -0.1) is 0 Å². The topological polar surface area (TPSA) is 58.6 Å². The second kappa shape index (κ2) is 10.5. The van der Waals surface area contributed by atoms with Gasteiger partial charge in [0.1, 0.15) is 11.8 Å². The van der Waals surface area contributed by atoms with Crippen LogP contribution in [0, 0.1) is 13.8 Å². The largest absolute Gasteiger partial charge is 0.484 e. The quantitative estimate of drug-likeness (QED) is 0.724. The Hall–Kier alpha value is -2.82. The van der Waals surface area contributed by atoms with Crippen molar-refractivity contribution in [1.29, 1.82) is 0 Å². The van der Waals surface area contributed by atoms with Gasteiger partial charge in [0.25, 0.3) is 5.91 Å². The van der Waals surface area contributed by atoms with Crippen LogP contribution in [0.5, 0.6) is 5.75 Å². The molecule has 0 saturated carbocycles. The van der Waals surface area contributed by atoms with Crippen LogP contribution in [0.15, 0.2) is 48.5 Å². The Kier molecular flexibility index (Phi) is 8.05. The maximum absolute atomic E-state index is 12.9. The van der Waals surface area contributed by atoms with Crippen molar-refractivity contribution in [2.45, 2.75) is 39.7 Å². The van der Waals surface area contributed by atoms with Crippen LogP contribution in [0.2, 0.25) is 0 Å². The first kappa shape index (κ1) is 21.5. The number of carbonyl (C=O) groups is 2. The van der Waals surface area contributed by atoms with Crippen LogP contribution in [0.1, 0.15) is 30.0 Å². The highest BCUT2D eigenvalue weighted by molar-refractivity contribution is 5.88. The lowest BCUT2D eigenvalue weighted by atomic mass is 10.1. The number of rotatable bonds is 9. The number of carbonyl (C=O) groups excluding carboxylic acids is 2. The number of hydrogen-bond acceptors (Lipinski definition) is 3. The van der Waals surface area contributed by atoms with Gasteiger partial charge in [-0.05, 0) is 55.5 Å². The van der Waals surface area contributed by atoms with Gasteiger partial charge in [0, 0.05) is 13.6 Å². The minimum Gasteiger partial charge on any atom is -0.484 e. The van der Waals surface area contributed by atoms with Crippen LogP contribution in [-0.4, -0.2) is 43.0 Å². The number of aryl methyl sites for hydroxylation is 2. The summed E-state index contributed by atoms with van der Waals surface area (Å²) >= 11 is 0. The molecule has 0 aliphatic rings. The molecule has 5 heteroatoms. The second-order valence-electron chi connectivity index (χ2n) is 6.90. The molecule has 0 fully saturated rings. The number of amides is 2. The number of likely N-dealkylation sites (N-methyl/N-ethyl adjacent to an activating group) is 1. The molecule has 0 radical (unpaired) electrons. The van der Waals surface area contributed by atoms with Gasteiger partial charge in [-0.25, -0.2) is 0 Å². The smallest absolute Gasteiger partial charge is 0.261 e. The zero-order chi connectivity index (χ0) is 20.5. The summed E-state index contributed by atoms with van der Waals surface area (Å²) in [6, 6.07) is 15.2. The molecule has 0 aliphatic heterocycles. The van der Waals surface area contributed by atoms with Gasteiger partial charge < -0.3 is 15.0 Å². The average molecular weight is 383 g/mol. The van der Waals surface area contributed by atoms with E-state index in [0.717, 1.165) is 11.1 Å². The van der Waals surface area contributed by atoms with E-state index in [1.165, 1.54) is 5.56 Å². The summed E-state index contributed by atoms with van der Waals surface area (Å²) in [6.07, 6.45) is 1.23. The average Bonchev–Trinajstić information content (AvgIpc) is 2.72. The van der Waals surface area contributed by atoms with Crippen LogP contribution in [0.25, 0.3) is 0 Å². The van der Waals surface area contributed by atoms with E-state index in [-0.39, 0.29) is 18.4 Å². The van der Waals surface area contributed by atoms with Gasteiger partial charge in [0.05, 0.1) is 0 Å². The van der Waals surface area contributed by atoms with E-state index < -0.39 is 6.04 Å². The second-order valence-corrected chi connectivity index (χ2v) is 6.90. The fraction of sp³-hybridized carbons (Fsp3) is 0.391. The molecular formula is C23H30N2O3. The molecule has 0 saturated heterocycles. The maximum Gasteiger partial charge on any atom is 0.261 e. The molecular weight excluding hydrogens is 352 g/mol. The van der Waals surface area contributed by atoms with Crippen LogP contribution in [0.4, 0.5) is 0 Å². The van der Waals surface area contributed by atoms with Crippen LogP contribution >= 0.6 is 0 Å². The van der Waals surface area contributed by atoms with Crippen molar-refractivity contribution in [2.24, 2.45) is 0 Å². The van der Waals surface area contributed by atoms with Crippen molar-refractivity contribution in [3.63, 3.8) is 0 Å². The molecule has 2 aromatic carbocycles. The summed E-state index contributed by atoms with van der Waals surface area (Å²) < 4.78 is 5.72. The highest BCUT2D eigenvalue weighted by atomic mass is 16.5. The lowest BCUT2D eigenvalue weighted by molar-refractivity contribution is -0.142. The molecule has 2 rings (SSSR count). The molecule has 1 atom stereocenters. The molecule has 28 heavy (non-hydrogen) atoms. The van der Waals surface area contributed by atoms with E-state index in [4.69, 9.17) is 4.74 Å². The highest BCUT2D eigenvalue weighted by Gasteiger charge is 2.27. The van der Waals surface area contributed by atoms with Gasteiger partial charge in [0.2, 0.25) is 5.91 Å². The van der Waals surface area contributed by atoms with Crippen LogP contribution < -0.4 is 10.1 Å². The first-order valence-corrected chi connectivity index (χ1v) is 9.71. The Labute approximate surface area is 167 Å². The van der Waals surface area contributed by atoms with E-state index >= 15 is 0 Å². The molecule has 150 valence electrons. The molecule has 2 amide bonds. The van der Waals surface area contributed by atoms with Crippen molar-refractivity contribution in [3.8, 4) is 5.75 Å². The summed E-state index contributed by atoms with van der Waals surface area (Å²) in [5.74, 6) is 0.312. The van der Waals surface area contributed by atoms with Gasteiger partial charge in [-0.3, -0.25) is 9.59 Å². The minimum atomic E-state index is -0.510. The van der Waals surface area contributed by atoms with Crippen molar-refractivity contribution in [2.75, 3.05) is 20.2 Å². The summed E-state index contributed by atoms with van der Waals surface area (Å²) in [6.45, 7) is 6.32. The summed E-state index contributed by atoms with van der Waals surface area (Å²) in [5, 5.41) is 2.66. The number of nitrogens with one attached hydrogen (secondary N) is 1. The summed E-state index contributed by atoms with van der Waals surface area (Å²) in [4.78, 5) is 26.9. The molecule has 0 aromatic heterocycles. The predicted octanol–water partition coefficient (Wildman–Crippen LogP) is 3.28. The van der Waals surface area contributed by atoms with Gasteiger partial charge in [-0.1, -0.05) is 43.3 Å². The number of ether oxygens (including phenoxy) is 1. The Morgan fingerprint density at radius 2 is 1.79 bits per heavy atom. The monoisotopic (exact) mass is 382 g/mol. The summed E-state index contributed by atoms with van der Waals surface area (Å²) in [5.41, 5.74) is 3.42. The normalized spacial score (nSPS) is 11.6. The van der Waals surface area contributed by atoms with Gasteiger partial charge in [-0.2, -0.15) is 0 Å². The number of nitrogens with zero attached hydrogens (tertiary/aromatic N) is 1. The Balaban J connectivity index is 2.10. The summed E-state index contributed by atoms with van der Waals surface area (Å²) in [7, 11) is 1.59. The molecule has 2 aromatic rings. The Morgan fingerprint density at radius 1 is 1.07 bits per heavy atom. The van der Waals surface area contributed by atoms with Crippen LogP contribution in [-0.2, 0) is 16.0 Å². The predicted molar refractivity (Wildman–Crippen MR) is 111 cm³/mol. The van der Waals surface area contributed by atoms with E-state index in [0.29, 0.717) is 25.1 Å². The fourth-order valence-corrected chi connectivity index (χ4v) is 3.09. The molecule has 0 aliphatic carbocycles. The van der Waals surface area contributed by atoms with Crippen molar-refractivity contribution in [1.82, 2.24) is 10.2 Å². The van der Waals surface area contributed by atoms with E-state index in [9.17, 15) is 9.59 Å². The maximum atomic E-state index is 12.9. The highest BCUT2D eigenvalue weighted by Crippen LogP contribution is 2.17. The van der Waals surface area contributed by atoms with E-state index in [2.05, 4.69) is 5.32 Å². The third-order valence-corrected chi connectivity index (χ3v) is 4.96. The lowest BCUT2D eigenvalue weighted by Crippen LogP contribution is -2.50. The SMILES string of the molecule is CCC(C(=O)NC)N(CCc1ccccc1)C(=O)COc1ccc(C)c(C)c1. The Morgan fingerprint density at radius 3 is 2.39 bits per heavy atom. The van der Waals surface area contributed by atoms with Gasteiger partial charge in [0.15, 0.2) is 6.61 Å². The Bertz CT molecular complexity index is 790. The number of hydrogen-bond donors (Lipinski definition) is 1. The fourth-order valence-electron chi connectivity index (χ4n) is 3.09. The third-order valence-electron chi connectivity index (χ3n) is 4.96. The lowest BCUT2D eigenvalue weighted by Gasteiger charge is -2.30. The zero-order valence-corrected chi connectivity index (χ0v) is 17.2. The minimum absolute atomic E-state index is 0.0925. The first-order chi connectivity index (χ1) is 13.5. The third kappa shape index (κ3) is 5.84. The van der Waals surface area contributed by atoms with Gasteiger partial charge >= 0.3 is 0 Å². The molecule has 0 spiro atoms. The van der Waals surface area contributed by atoms with Crippen molar-refractivity contribution < 1.29 is 14.3 Å². The van der Waals surface area contributed by atoms with Crippen LogP contribution in [0.3, 0.4) is 0 Å². The zero-order valence-electron chi connectivity index (χ0n) is 17.2. The number of benzene rings is 2. The molecule has 1 N–H and O–H groups in total.